The van der Waals surface area contributed by atoms with Crippen molar-refractivity contribution in [2.24, 2.45) is 5.10 Å². The van der Waals surface area contributed by atoms with Crippen molar-refractivity contribution in [3.63, 3.8) is 0 Å². The molecule has 0 aliphatic carbocycles. The highest BCUT2D eigenvalue weighted by Gasteiger charge is 2.13. The first-order chi connectivity index (χ1) is 11.7. The van der Waals surface area contributed by atoms with Crippen LogP contribution in [0.2, 0.25) is 0 Å². The fourth-order valence-electron chi connectivity index (χ4n) is 2.19. The van der Waals surface area contributed by atoms with Crippen LogP contribution in [-0.4, -0.2) is 32.8 Å². The summed E-state index contributed by atoms with van der Waals surface area (Å²) in [6, 6.07) is 14.3. The molecular weight excluding hydrogens is 324 g/mol. The lowest BCUT2D eigenvalue weighted by Crippen LogP contribution is -1.99. The van der Waals surface area contributed by atoms with Gasteiger partial charge in [0.05, 0.1) is 18.4 Å². The Labute approximate surface area is 144 Å². The van der Waals surface area contributed by atoms with Crippen molar-refractivity contribution in [3.8, 4) is 22.9 Å². The molecule has 0 amide bonds. The molecule has 1 heterocycles. The van der Waals surface area contributed by atoms with E-state index in [1.807, 2.05) is 31.2 Å². The Kier molecular flexibility index (Phi) is 4.72. The number of H-pyrrole nitrogens is 1. The summed E-state index contributed by atoms with van der Waals surface area (Å²) in [6.07, 6.45) is 1.65. The van der Waals surface area contributed by atoms with Gasteiger partial charge in [0.25, 0.3) is 0 Å². The van der Waals surface area contributed by atoms with Gasteiger partial charge in [-0.3, -0.25) is 0 Å². The summed E-state index contributed by atoms with van der Waals surface area (Å²) in [4.78, 5) is 0. The van der Waals surface area contributed by atoms with E-state index in [-0.39, 0.29) is 5.75 Å². The number of ether oxygens (including phenoxy) is 1. The van der Waals surface area contributed by atoms with E-state index in [2.05, 4.69) is 15.3 Å². The fourth-order valence-corrected chi connectivity index (χ4v) is 2.37. The highest BCUT2D eigenvalue weighted by atomic mass is 32.1. The summed E-state index contributed by atoms with van der Waals surface area (Å²) in [7, 11) is 0. The molecule has 0 aliphatic rings. The van der Waals surface area contributed by atoms with Crippen molar-refractivity contribution in [1.82, 2.24) is 14.9 Å². The second-order valence-electron chi connectivity index (χ2n) is 4.93. The molecule has 0 saturated carbocycles. The molecule has 1 aromatic heterocycles. The van der Waals surface area contributed by atoms with E-state index in [0.29, 0.717) is 17.2 Å². The smallest absolute Gasteiger partial charge is 0.216 e. The molecule has 0 spiro atoms. The molecule has 2 N–H and O–H groups in total. The van der Waals surface area contributed by atoms with Crippen LogP contribution in [0.25, 0.3) is 11.4 Å². The number of phenols is 1. The number of aromatic hydroxyl groups is 1. The molecule has 122 valence electrons. The number of rotatable bonds is 5. The van der Waals surface area contributed by atoms with Gasteiger partial charge in [0.2, 0.25) is 4.77 Å². The van der Waals surface area contributed by atoms with Crippen molar-refractivity contribution < 1.29 is 9.84 Å². The molecule has 3 aromatic rings. The van der Waals surface area contributed by atoms with Crippen LogP contribution < -0.4 is 4.74 Å². The van der Waals surface area contributed by atoms with Crippen molar-refractivity contribution in [2.45, 2.75) is 6.92 Å². The number of para-hydroxylation sites is 1. The normalized spacial score (nSPS) is 11.0. The van der Waals surface area contributed by atoms with E-state index in [9.17, 15) is 5.11 Å². The number of nitrogens with zero attached hydrogens (tertiary/aromatic N) is 3. The first kappa shape index (κ1) is 15.9. The molecule has 7 heteroatoms. The van der Waals surface area contributed by atoms with Crippen molar-refractivity contribution in [2.75, 3.05) is 6.61 Å². The third-order valence-electron chi connectivity index (χ3n) is 3.29. The van der Waals surface area contributed by atoms with Crippen molar-refractivity contribution in [3.05, 3.63) is 58.9 Å². The van der Waals surface area contributed by atoms with Gasteiger partial charge >= 0.3 is 0 Å². The standard InChI is InChI=1S/C17H16N4O2S/c1-2-23-15-6-4-3-5-14(15)16-19-20-17(24)21(16)18-11-12-7-9-13(22)10-8-12/h3-11,22H,2H2,1H3,(H,20,24)/b18-11-. The topological polar surface area (TPSA) is 75.4 Å². The molecule has 2 aromatic carbocycles. The molecule has 0 unspecified atom stereocenters. The van der Waals surface area contributed by atoms with Crippen LogP contribution in [0, 0.1) is 4.77 Å². The minimum Gasteiger partial charge on any atom is -0.508 e. The molecule has 3 rings (SSSR count). The average Bonchev–Trinajstić information content (AvgIpc) is 2.96. The lowest BCUT2D eigenvalue weighted by Gasteiger charge is -2.08. The van der Waals surface area contributed by atoms with Crippen LogP contribution >= 0.6 is 12.2 Å². The third kappa shape index (κ3) is 3.36. The SMILES string of the molecule is CCOc1ccccc1-c1n[nH]c(=S)n1/N=C\c1ccc(O)cc1. The first-order valence-corrected chi connectivity index (χ1v) is 7.83. The van der Waals surface area contributed by atoms with Gasteiger partial charge < -0.3 is 9.84 Å². The van der Waals surface area contributed by atoms with Gasteiger partial charge in [0.1, 0.15) is 11.5 Å². The van der Waals surface area contributed by atoms with Gasteiger partial charge in [-0.1, -0.05) is 12.1 Å². The Bertz CT molecular complexity index is 913. The van der Waals surface area contributed by atoms with Crippen LogP contribution in [0.3, 0.4) is 0 Å². The quantitative estimate of drug-likeness (QED) is 0.550. The number of hydrogen-bond acceptors (Lipinski definition) is 5. The second-order valence-corrected chi connectivity index (χ2v) is 5.32. The highest BCUT2D eigenvalue weighted by molar-refractivity contribution is 7.71. The zero-order chi connectivity index (χ0) is 16.9. The molecule has 0 saturated heterocycles. The van der Waals surface area contributed by atoms with Crippen LogP contribution in [-0.2, 0) is 0 Å². The predicted molar refractivity (Wildman–Crippen MR) is 95.1 cm³/mol. The number of nitrogens with one attached hydrogen (secondary N) is 1. The number of phenolic OH excluding ortho intramolecular Hbond substituents is 1. The maximum Gasteiger partial charge on any atom is 0.216 e. The molecule has 0 aliphatic heterocycles. The second kappa shape index (κ2) is 7.10. The van der Waals surface area contributed by atoms with E-state index in [4.69, 9.17) is 17.0 Å². The zero-order valence-corrected chi connectivity index (χ0v) is 13.8. The lowest BCUT2D eigenvalue weighted by atomic mass is 10.2. The molecule has 24 heavy (non-hydrogen) atoms. The summed E-state index contributed by atoms with van der Waals surface area (Å²) in [6.45, 7) is 2.48. The molecule has 0 bridgehead atoms. The lowest BCUT2D eigenvalue weighted by molar-refractivity contribution is 0.341. The Morgan fingerprint density at radius 2 is 2.00 bits per heavy atom. The minimum atomic E-state index is 0.207. The van der Waals surface area contributed by atoms with Gasteiger partial charge in [0.15, 0.2) is 5.82 Å². The summed E-state index contributed by atoms with van der Waals surface area (Å²) >= 11 is 5.27. The molecule has 0 fully saturated rings. The van der Waals surface area contributed by atoms with E-state index in [1.54, 1.807) is 35.2 Å². The van der Waals surface area contributed by atoms with Crippen LogP contribution in [0.15, 0.2) is 53.6 Å². The summed E-state index contributed by atoms with van der Waals surface area (Å²) < 4.78 is 7.57. The fraction of sp³-hybridized carbons (Fsp3) is 0.118. The van der Waals surface area contributed by atoms with Crippen LogP contribution in [0.5, 0.6) is 11.5 Å². The van der Waals surface area contributed by atoms with Crippen molar-refractivity contribution >= 4 is 18.4 Å². The van der Waals surface area contributed by atoms with E-state index >= 15 is 0 Å². The molecule has 0 atom stereocenters. The molecular formula is C17H16N4O2S. The number of hydrogen-bond donors (Lipinski definition) is 2. The summed E-state index contributed by atoms with van der Waals surface area (Å²) in [5, 5.41) is 20.8. The predicted octanol–water partition coefficient (Wildman–Crippen LogP) is 3.59. The largest absolute Gasteiger partial charge is 0.508 e. The minimum absolute atomic E-state index is 0.207. The Morgan fingerprint density at radius 3 is 2.75 bits per heavy atom. The van der Waals surface area contributed by atoms with Gasteiger partial charge in [-0.2, -0.15) is 14.9 Å². The summed E-state index contributed by atoms with van der Waals surface area (Å²) in [5.74, 6) is 1.49. The number of aromatic amines is 1. The van der Waals surface area contributed by atoms with Gasteiger partial charge in [0, 0.05) is 0 Å². The number of benzene rings is 2. The Balaban J connectivity index is 2.01. The van der Waals surface area contributed by atoms with Crippen molar-refractivity contribution in [1.29, 1.82) is 0 Å². The maximum atomic E-state index is 9.33. The highest BCUT2D eigenvalue weighted by Crippen LogP contribution is 2.28. The zero-order valence-electron chi connectivity index (χ0n) is 13.0. The maximum absolute atomic E-state index is 9.33. The van der Waals surface area contributed by atoms with Gasteiger partial charge in [-0.05, 0) is 61.1 Å². The van der Waals surface area contributed by atoms with E-state index < -0.39 is 0 Å². The Morgan fingerprint density at radius 1 is 1.25 bits per heavy atom. The third-order valence-corrected chi connectivity index (χ3v) is 3.56. The van der Waals surface area contributed by atoms with Crippen LogP contribution in [0.1, 0.15) is 12.5 Å². The Hall–Kier alpha value is -2.93. The van der Waals surface area contributed by atoms with Gasteiger partial charge in [-0.15, -0.1) is 0 Å². The number of aromatic nitrogens is 3. The van der Waals surface area contributed by atoms with E-state index in [1.165, 1.54) is 0 Å². The van der Waals surface area contributed by atoms with Gasteiger partial charge in [-0.25, -0.2) is 5.10 Å². The monoisotopic (exact) mass is 340 g/mol. The van der Waals surface area contributed by atoms with Crippen LogP contribution in [0.4, 0.5) is 0 Å². The average molecular weight is 340 g/mol. The van der Waals surface area contributed by atoms with E-state index in [0.717, 1.165) is 16.9 Å². The summed E-state index contributed by atoms with van der Waals surface area (Å²) in [5.41, 5.74) is 1.63. The molecule has 0 radical (unpaired) electrons. The molecule has 6 nitrogen and oxygen atoms in total. The first-order valence-electron chi connectivity index (χ1n) is 7.42.